The fourth-order valence-electron chi connectivity index (χ4n) is 3.24. The van der Waals surface area contributed by atoms with Crippen molar-refractivity contribution in [2.75, 3.05) is 58.0 Å². The van der Waals surface area contributed by atoms with Crippen LogP contribution in [0.4, 0.5) is 5.69 Å². The summed E-state index contributed by atoms with van der Waals surface area (Å²) < 4.78 is 30.4. The van der Waals surface area contributed by atoms with Gasteiger partial charge in [0.1, 0.15) is 5.75 Å². The normalized spacial score (nSPS) is 17.8. The molecule has 2 N–H and O–H groups in total. The van der Waals surface area contributed by atoms with E-state index in [9.17, 15) is 8.42 Å². The fourth-order valence-corrected chi connectivity index (χ4v) is 4.09. The molecule has 0 amide bonds. The zero-order valence-corrected chi connectivity index (χ0v) is 18.1. The highest BCUT2D eigenvalue weighted by Gasteiger charge is 2.25. The molecule has 1 atom stereocenters. The molecule has 0 spiro atoms. The number of hydrogen-bond donors (Lipinski definition) is 2. The molecule has 0 aromatic heterocycles. The third-order valence-corrected chi connectivity index (χ3v) is 6.82. The van der Waals surface area contributed by atoms with Crippen LogP contribution in [-0.4, -0.2) is 77.9 Å². The second-order valence-electron chi connectivity index (χ2n) is 6.82. The number of hydrogen-bond acceptors (Lipinski definition) is 5. The molecule has 0 bridgehead atoms. The number of anilines is 1. The van der Waals surface area contributed by atoms with Crippen molar-refractivity contribution >= 4 is 21.7 Å². The van der Waals surface area contributed by atoms with Crippen LogP contribution in [0.3, 0.4) is 0 Å². The van der Waals surface area contributed by atoms with Gasteiger partial charge in [0.2, 0.25) is 10.0 Å². The third-order valence-electron chi connectivity index (χ3n) is 4.96. The van der Waals surface area contributed by atoms with E-state index < -0.39 is 10.0 Å². The Bertz CT molecular complexity index is 754. The van der Waals surface area contributed by atoms with Crippen LogP contribution in [0, 0.1) is 0 Å². The maximum Gasteiger partial charge on any atom is 0.213 e. The van der Waals surface area contributed by atoms with Gasteiger partial charge in [-0.05, 0) is 31.9 Å². The van der Waals surface area contributed by atoms with Gasteiger partial charge in [0.15, 0.2) is 5.96 Å². The molecule has 1 aromatic carbocycles. The summed E-state index contributed by atoms with van der Waals surface area (Å²) in [6.07, 6.45) is 1.73. The van der Waals surface area contributed by atoms with Crippen LogP contribution in [0.25, 0.3) is 0 Å². The minimum Gasteiger partial charge on any atom is -0.495 e. The van der Waals surface area contributed by atoms with Crippen LogP contribution in [0.1, 0.15) is 19.8 Å². The van der Waals surface area contributed by atoms with Gasteiger partial charge in [-0.25, -0.2) is 12.7 Å². The van der Waals surface area contributed by atoms with E-state index in [-0.39, 0.29) is 5.75 Å². The van der Waals surface area contributed by atoms with Gasteiger partial charge in [-0.2, -0.15) is 0 Å². The first-order valence-electron chi connectivity index (χ1n) is 9.70. The molecule has 0 aliphatic carbocycles. The first kappa shape index (κ1) is 22.3. The molecule has 9 heteroatoms. The van der Waals surface area contributed by atoms with Crippen molar-refractivity contribution in [3.8, 4) is 5.75 Å². The molecule has 2 rings (SSSR count). The van der Waals surface area contributed by atoms with E-state index in [4.69, 9.17) is 4.74 Å². The van der Waals surface area contributed by atoms with Crippen LogP contribution in [0.2, 0.25) is 0 Å². The lowest BCUT2D eigenvalue weighted by Crippen LogP contribution is -2.45. The lowest BCUT2D eigenvalue weighted by Gasteiger charge is -2.22. The summed E-state index contributed by atoms with van der Waals surface area (Å²) >= 11 is 0. The largest absolute Gasteiger partial charge is 0.495 e. The van der Waals surface area contributed by atoms with Crippen molar-refractivity contribution < 1.29 is 13.2 Å². The third kappa shape index (κ3) is 6.00. The van der Waals surface area contributed by atoms with E-state index in [0.29, 0.717) is 25.6 Å². The van der Waals surface area contributed by atoms with Crippen LogP contribution >= 0.6 is 0 Å². The summed E-state index contributed by atoms with van der Waals surface area (Å²) in [6, 6.07) is 8.35. The van der Waals surface area contributed by atoms with Crippen molar-refractivity contribution in [3.63, 3.8) is 0 Å². The number of methoxy groups -OCH3 is 1. The van der Waals surface area contributed by atoms with Gasteiger partial charge in [0, 0.05) is 46.3 Å². The summed E-state index contributed by atoms with van der Waals surface area (Å²) in [6.45, 7) is 4.64. The molecule has 1 heterocycles. The van der Waals surface area contributed by atoms with Gasteiger partial charge < -0.3 is 20.3 Å². The van der Waals surface area contributed by atoms with Gasteiger partial charge in [0.25, 0.3) is 0 Å². The molecule has 1 aliphatic heterocycles. The molecule has 0 radical (unpaired) electrons. The van der Waals surface area contributed by atoms with E-state index in [1.807, 2.05) is 18.2 Å². The predicted molar refractivity (Wildman–Crippen MR) is 115 cm³/mol. The van der Waals surface area contributed by atoms with Crippen molar-refractivity contribution in [1.82, 2.24) is 14.9 Å². The first-order chi connectivity index (χ1) is 13.4. The van der Waals surface area contributed by atoms with E-state index in [1.54, 1.807) is 28.1 Å². The lowest BCUT2D eigenvalue weighted by atomic mass is 10.2. The highest BCUT2D eigenvalue weighted by Crippen LogP contribution is 2.30. The smallest absolute Gasteiger partial charge is 0.213 e. The molecule has 28 heavy (non-hydrogen) atoms. The van der Waals surface area contributed by atoms with Gasteiger partial charge in [-0.15, -0.1) is 0 Å². The summed E-state index contributed by atoms with van der Waals surface area (Å²) in [5.74, 6) is 1.76. The Morgan fingerprint density at radius 3 is 2.82 bits per heavy atom. The van der Waals surface area contributed by atoms with E-state index in [2.05, 4.69) is 26.6 Å². The van der Waals surface area contributed by atoms with E-state index in [1.165, 1.54) is 4.31 Å². The van der Waals surface area contributed by atoms with Gasteiger partial charge in [0.05, 0.1) is 18.6 Å². The topological polar surface area (TPSA) is 86.3 Å². The monoisotopic (exact) mass is 411 g/mol. The highest BCUT2D eigenvalue weighted by atomic mass is 32.2. The van der Waals surface area contributed by atoms with Crippen LogP contribution in [0.15, 0.2) is 29.3 Å². The molecule has 1 fully saturated rings. The maximum absolute atomic E-state index is 11.8. The first-order valence-corrected chi connectivity index (χ1v) is 11.3. The molecule has 8 nitrogen and oxygen atoms in total. The zero-order chi connectivity index (χ0) is 20.6. The Balaban J connectivity index is 1.78. The summed E-state index contributed by atoms with van der Waals surface area (Å²) in [5, 5.41) is 6.73. The Kier molecular flexibility index (Phi) is 8.37. The molecule has 1 saturated heterocycles. The van der Waals surface area contributed by atoms with Crippen LogP contribution < -0.4 is 20.3 Å². The van der Waals surface area contributed by atoms with Crippen molar-refractivity contribution in [3.05, 3.63) is 24.3 Å². The molecule has 1 unspecified atom stereocenters. The maximum atomic E-state index is 11.8. The minimum atomic E-state index is -3.12. The number of nitrogens with one attached hydrogen (secondary N) is 2. The molecule has 1 aromatic rings. The fraction of sp³-hybridized carbons (Fsp3) is 0.632. The summed E-state index contributed by atoms with van der Waals surface area (Å²) in [4.78, 5) is 6.60. The number of benzene rings is 1. The van der Waals surface area contributed by atoms with Gasteiger partial charge >= 0.3 is 0 Å². The number of nitrogens with zero attached hydrogens (tertiary/aromatic N) is 3. The second kappa shape index (κ2) is 10.5. The Morgan fingerprint density at radius 2 is 2.14 bits per heavy atom. The van der Waals surface area contributed by atoms with Gasteiger partial charge in [-0.3, -0.25) is 4.99 Å². The van der Waals surface area contributed by atoms with Crippen LogP contribution in [0.5, 0.6) is 5.75 Å². The predicted octanol–water partition coefficient (Wildman–Crippen LogP) is 1.11. The standard InChI is InChI=1S/C19H33N5O3S/c1-5-28(25,26)23(3)13-8-12-21-19(20-2)22-16-11-14-24(15-16)17-9-6-7-10-18(17)27-4/h6-7,9-10,16H,5,8,11-15H2,1-4H3,(H2,20,21,22). The molecule has 1 aliphatic rings. The van der Waals surface area contributed by atoms with Crippen molar-refractivity contribution in [1.29, 1.82) is 0 Å². The average Bonchev–Trinajstić information content (AvgIpc) is 3.18. The number of rotatable bonds is 9. The van der Waals surface area contributed by atoms with Gasteiger partial charge in [-0.1, -0.05) is 12.1 Å². The SMILES string of the molecule is CCS(=O)(=O)N(C)CCCNC(=NC)NC1CCN(c2ccccc2OC)C1. The number of sulfonamides is 1. The molecular weight excluding hydrogens is 378 g/mol. The second-order valence-corrected chi connectivity index (χ2v) is 9.19. The van der Waals surface area contributed by atoms with Crippen molar-refractivity contribution in [2.24, 2.45) is 4.99 Å². The molecule has 0 saturated carbocycles. The summed E-state index contributed by atoms with van der Waals surface area (Å²) in [7, 11) is 1.94. The van der Waals surface area contributed by atoms with Crippen molar-refractivity contribution in [2.45, 2.75) is 25.8 Å². The quantitative estimate of drug-likeness (QED) is 0.360. The molecule has 158 valence electrons. The van der Waals surface area contributed by atoms with Crippen LogP contribution in [-0.2, 0) is 10.0 Å². The lowest BCUT2D eigenvalue weighted by molar-refractivity contribution is 0.415. The van der Waals surface area contributed by atoms with E-state index in [0.717, 1.165) is 36.9 Å². The average molecular weight is 412 g/mol. The Morgan fingerprint density at radius 1 is 1.39 bits per heavy atom. The highest BCUT2D eigenvalue weighted by molar-refractivity contribution is 7.89. The Hall–Kier alpha value is -2.00. The minimum absolute atomic E-state index is 0.129. The summed E-state index contributed by atoms with van der Waals surface area (Å²) in [5.41, 5.74) is 1.11. The number of para-hydroxylation sites is 2. The molecular formula is C19H33N5O3S. The zero-order valence-electron chi connectivity index (χ0n) is 17.3. The number of guanidine groups is 1. The Labute approximate surface area is 169 Å². The number of ether oxygens (including phenoxy) is 1. The number of aliphatic imine (C=N–C) groups is 1. The van der Waals surface area contributed by atoms with E-state index >= 15 is 0 Å².